The van der Waals surface area contributed by atoms with Crippen molar-refractivity contribution in [2.45, 2.75) is 52.1 Å². The molecular weight excluding hydrogens is 256 g/mol. The van der Waals surface area contributed by atoms with Crippen molar-refractivity contribution >= 4 is 16.5 Å². The largest absolute Gasteiger partial charge is 0.387 e. The zero-order chi connectivity index (χ0) is 13.4. The highest BCUT2D eigenvalue weighted by atomic mass is 32.1. The number of nitrogens with zero attached hydrogens (tertiary/aromatic N) is 2. The molecule has 0 aromatic carbocycles. The zero-order valence-electron chi connectivity index (χ0n) is 11.9. The predicted octanol–water partition coefficient (Wildman–Crippen LogP) is 3.39. The Morgan fingerprint density at radius 1 is 1.26 bits per heavy atom. The minimum absolute atomic E-state index is 0.318. The van der Waals surface area contributed by atoms with E-state index in [-0.39, 0.29) is 6.10 Å². The molecule has 1 aliphatic heterocycles. The fraction of sp³-hybridized carbons (Fsp3) is 0.800. The second-order valence-corrected chi connectivity index (χ2v) is 7.34. The molecule has 0 amide bonds. The van der Waals surface area contributed by atoms with Gasteiger partial charge in [-0.15, -0.1) is 11.3 Å². The van der Waals surface area contributed by atoms with E-state index in [9.17, 15) is 5.11 Å². The Kier molecular flexibility index (Phi) is 3.81. The summed E-state index contributed by atoms with van der Waals surface area (Å²) in [5.41, 5.74) is 0.970. The maximum absolute atomic E-state index is 10.0. The van der Waals surface area contributed by atoms with Gasteiger partial charge >= 0.3 is 0 Å². The van der Waals surface area contributed by atoms with Gasteiger partial charge < -0.3 is 10.0 Å². The SMILES string of the molecule is CC(C)C1CCN(c2nc3c(s2)CCCC3O)CC1. The Bertz CT molecular complexity index is 435. The van der Waals surface area contributed by atoms with Crippen molar-refractivity contribution in [2.24, 2.45) is 11.8 Å². The summed E-state index contributed by atoms with van der Waals surface area (Å²) in [4.78, 5) is 8.46. The number of hydrogen-bond donors (Lipinski definition) is 1. The van der Waals surface area contributed by atoms with Gasteiger partial charge in [0.1, 0.15) is 0 Å². The lowest BCUT2D eigenvalue weighted by molar-refractivity contribution is 0.153. The number of piperidine rings is 1. The Balaban J connectivity index is 1.70. The van der Waals surface area contributed by atoms with Gasteiger partial charge in [-0.2, -0.15) is 0 Å². The van der Waals surface area contributed by atoms with E-state index in [4.69, 9.17) is 4.98 Å². The van der Waals surface area contributed by atoms with Gasteiger partial charge in [0.2, 0.25) is 0 Å². The molecule has 1 aromatic heterocycles. The van der Waals surface area contributed by atoms with Crippen molar-refractivity contribution in [1.29, 1.82) is 0 Å². The molecule has 1 fully saturated rings. The first-order chi connectivity index (χ1) is 9.15. The third-order valence-corrected chi connectivity index (χ3v) is 5.86. The lowest BCUT2D eigenvalue weighted by atomic mass is 9.87. The highest BCUT2D eigenvalue weighted by molar-refractivity contribution is 7.15. The van der Waals surface area contributed by atoms with Crippen molar-refractivity contribution in [2.75, 3.05) is 18.0 Å². The number of aryl methyl sites for hydroxylation is 1. The number of aliphatic hydroxyl groups excluding tert-OH is 1. The summed E-state index contributed by atoms with van der Waals surface area (Å²) >= 11 is 1.81. The quantitative estimate of drug-likeness (QED) is 0.902. The van der Waals surface area contributed by atoms with Crippen LogP contribution in [0, 0.1) is 11.8 Å². The third-order valence-electron chi connectivity index (χ3n) is 4.67. The minimum Gasteiger partial charge on any atom is -0.387 e. The average molecular weight is 280 g/mol. The number of aromatic nitrogens is 1. The molecule has 0 radical (unpaired) electrons. The average Bonchev–Trinajstić information content (AvgIpc) is 2.84. The summed E-state index contributed by atoms with van der Waals surface area (Å²) in [5.74, 6) is 1.67. The molecule has 1 aromatic rings. The molecule has 2 heterocycles. The van der Waals surface area contributed by atoms with Crippen LogP contribution in [0.5, 0.6) is 0 Å². The number of aliphatic hydroxyl groups is 1. The molecule has 19 heavy (non-hydrogen) atoms. The summed E-state index contributed by atoms with van der Waals surface area (Å²) in [5, 5.41) is 11.2. The molecule has 106 valence electrons. The molecule has 0 spiro atoms. The molecule has 1 atom stereocenters. The molecule has 0 bridgehead atoms. The van der Waals surface area contributed by atoms with Crippen molar-refractivity contribution in [3.05, 3.63) is 10.6 Å². The molecule has 4 heteroatoms. The first kappa shape index (κ1) is 13.4. The number of fused-ring (bicyclic) bond motifs is 1. The number of rotatable bonds is 2. The van der Waals surface area contributed by atoms with Gasteiger partial charge in [-0.05, 0) is 43.9 Å². The molecule has 1 saturated heterocycles. The van der Waals surface area contributed by atoms with Crippen LogP contribution in [0.2, 0.25) is 0 Å². The fourth-order valence-corrected chi connectivity index (χ4v) is 4.48. The Hall–Kier alpha value is -0.610. The topological polar surface area (TPSA) is 36.4 Å². The van der Waals surface area contributed by atoms with E-state index in [0.717, 1.165) is 55.0 Å². The highest BCUT2D eigenvalue weighted by Gasteiger charge is 2.27. The van der Waals surface area contributed by atoms with Crippen molar-refractivity contribution in [3.63, 3.8) is 0 Å². The van der Waals surface area contributed by atoms with Gasteiger partial charge in [-0.1, -0.05) is 13.8 Å². The minimum atomic E-state index is -0.318. The second-order valence-electron chi connectivity index (χ2n) is 6.28. The normalized spacial score (nSPS) is 24.8. The van der Waals surface area contributed by atoms with Crippen LogP contribution in [-0.4, -0.2) is 23.2 Å². The number of anilines is 1. The Morgan fingerprint density at radius 2 is 2.00 bits per heavy atom. The Morgan fingerprint density at radius 3 is 2.63 bits per heavy atom. The molecule has 1 aliphatic carbocycles. The van der Waals surface area contributed by atoms with E-state index >= 15 is 0 Å². The maximum Gasteiger partial charge on any atom is 0.185 e. The highest BCUT2D eigenvalue weighted by Crippen LogP contribution is 2.38. The predicted molar refractivity (Wildman–Crippen MR) is 79.8 cm³/mol. The number of thiazole rings is 1. The van der Waals surface area contributed by atoms with Gasteiger partial charge in [0.15, 0.2) is 5.13 Å². The standard InChI is InChI=1S/C15H24N2OS/c1-10(2)11-6-8-17(9-7-11)15-16-14-12(18)4-3-5-13(14)19-15/h10-12,18H,3-9H2,1-2H3. The first-order valence-electron chi connectivity index (χ1n) is 7.57. The zero-order valence-corrected chi connectivity index (χ0v) is 12.7. The molecule has 0 saturated carbocycles. The molecule has 3 nitrogen and oxygen atoms in total. The van der Waals surface area contributed by atoms with E-state index in [0.29, 0.717) is 0 Å². The van der Waals surface area contributed by atoms with E-state index in [1.54, 1.807) is 0 Å². The van der Waals surface area contributed by atoms with Gasteiger partial charge in [0, 0.05) is 18.0 Å². The molecule has 3 rings (SSSR count). The van der Waals surface area contributed by atoms with Gasteiger partial charge in [0.25, 0.3) is 0 Å². The van der Waals surface area contributed by atoms with E-state index < -0.39 is 0 Å². The van der Waals surface area contributed by atoms with Gasteiger partial charge in [-0.25, -0.2) is 4.98 Å². The molecule has 1 unspecified atom stereocenters. The van der Waals surface area contributed by atoms with Crippen molar-refractivity contribution in [1.82, 2.24) is 4.98 Å². The van der Waals surface area contributed by atoms with E-state index in [1.807, 2.05) is 11.3 Å². The summed E-state index contributed by atoms with van der Waals surface area (Å²) in [6.07, 6.45) is 5.33. The van der Waals surface area contributed by atoms with Crippen LogP contribution < -0.4 is 4.90 Å². The van der Waals surface area contributed by atoms with E-state index in [1.165, 1.54) is 17.7 Å². The summed E-state index contributed by atoms with van der Waals surface area (Å²) < 4.78 is 0. The first-order valence-corrected chi connectivity index (χ1v) is 8.39. The smallest absolute Gasteiger partial charge is 0.185 e. The number of hydrogen-bond acceptors (Lipinski definition) is 4. The molecule has 1 N–H and O–H groups in total. The van der Waals surface area contributed by atoms with Crippen molar-refractivity contribution in [3.8, 4) is 0 Å². The Labute approximate surface area is 119 Å². The molecule has 2 aliphatic rings. The summed E-state index contributed by atoms with van der Waals surface area (Å²) in [7, 11) is 0. The van der Waals surface area contributed by atoms with Gasteiger partial charge in [-0.3, -0.25) is 0 Å². The summed E-state index contributed by atoms with van der Waals surface area (Å²) in [6.45, 7) is 6.92. The summed E-state index contributed by atoms with van der Waals surface area (Å²) in [6, 6.07) is 0. The third kappa shape index (κ3) is 2.65. The fourth-order valence-electron chi connectivity index (χ4n) is 3.28. The van der Waals surface area contributed by atoms with Gasteiger partial charge in [0.05, 0.1) is 11.8 Å². The monoisotopic (exact) mass is 280 g/mol. The van der Waals surface area contributed by atoms with Crippen LogP contribution in [-0.2, 0) is 6.42 Å². The molecular formula is C15H24N2OS. The maximum atomic E-state index is 10.0. The second kappa shape index (κ2) is 5.41. The van der Waals surface area contributed by atoms with E-state index in [2.05, 4.69) is 18.7 Å². The van der Waals surface area contributed by atoms with Crippen LogP contribution in [0.3, 0.4) is 0 Å². The van der Waals surface area contributed by atoms with Crippen LogP contribution >= 0.6 is 11.3 Å². The van der Waals surface area contributed by atoms with Crippen molar-refractivity contribution < 1.29 is 5.11 Å². The van der Waals surface area contributed by atoms with Crippen LogP contribution in [0.4, 0.5) is 5.13 Å². The lowest BCUT2D eigenvalue weighted by Crippen LogP contribution is -2.35. The van der Waals surface area contributed by atoms with Crippen LogP contribution in [0.25, 0.3) is 0 Å². The van der Waals surface area contributed by atoms with Crippen LogP contribution in [0.15, 0.2) is 0 Å². The lowest BCUT2D eigenvalue weighted by Gasteiger charge is -2.33. The van der Waals surface area contributed by atoms with Crippen LogP contribution in [0.1, 0.15) is 56.2 Å².